The molecule has 0 spiro atoms. The van der Waals surface area contributed by atoms with Gasteiger partial charge in [0, 0.05) is 24.7 Å². The van der Waals surface area contributed by atoms with Gasteiger partial charge < -0.3 is 9.64 Å². The molecule has 0 aliphatic carbocycles. The minimum Gasteiger partial charge on any atom is -0.492 e. The van der Waals surface area contributed by atoms with Gasteiger partial charge in [0.1, 0.15) is 12.4 Å². The van der Waals surface area contributed by atoms with Gasteiger partial charge >= 0.3 is 0 Å². The number of carbonyl (C=O) groups is 1. The zero-order chi connectivity index (χ0) is 15.2. The predicted molar refractivity (Wildman–Crippen MR) is 84.9 cm³/mol. The van der Waals surface area contributed by atoms with Crippen LogP contribution < -0.4 is 4.74 Å². The van der Waals surface area contributed by atoms with E-state index in [-0.39, 0.29) is 11.9 Å². The smallest absolute Gasteiger partial charge is 0.239 e. The number of ether oxygens (including phenoxy) is 1. The molecule has 1 atom stereocenters. The van der Waals surface area contributed by atoms with Crippen LogP contribution in [0.4, 0.5) is 0 Å². The first-order valence-electron chi connectivity index (χ1n) is 7.45. The summed E-state index contributed by atoms with van der Waals surface area (Å²) in [6, 6.07) is 7.24. The molecule has 2 rings (SSSR count). The van der Waals surface area contributed by atoms with Crippen LogP contribution in [-0.2, 0) is 4.79 Å². The predicted octanol–water partition coefficient (Wildman–Crippen LogP) is 2.66. The summed E-state index contributed by atoms with van der Waals surface area (Å²) >= 11 is 5.91. The molecular weight excluding hydrogens is 288 g/mol. The third-order valence-corrected chi connectivity index (χ3v) is 4.18. The Balaban J connectivity index is 1.75. The molecule has 1 aliphatic heterocycles. The van der Waals surface area contributed by atoms with Gasteiger partial charge in [-0.3, -0.25) is 9.69 Å². The number of amides is 1. The lowest BCUT2D eigenvalue weighted by Gasteiger charge is -2.27. The highest BCUT2D eigenvalue weighted by molar-refractivity contribution is 6.30. The molecule has 0 aromatic heterocycles. The summed E-state index contributed by atoms with van der Waals surface area (Å²) in [6.07, 6.45) is 2.25. The summed E-state index contributed by atoms with van der Waals surface area (Å²) in [6.45, 7) is 4.99. The van der Waals surface area contributed by atoms with E-state index in [1.807, 2.05) is 42.0 Å². The van der Waals surface area contributed by atoms with Gasteiger partial charge in [-0.1, -0.05) is 17.7 Å². The van der Waals surface area contributed by atoms with Crippen molar-refractivity contribution in [2.24, 2.45) is 0 Å². The van der Waals surface area contributed by atoms with Gasteiger partial charge in [0.2, 0.25) is 5.91 Å². The molecule has 0 bridgehead atoms. The number of benzene rings is 1. The molecule has 1 heterocycles. The monoisotopic (exact) mass is 310 g/mol. The van der Waals surface area contributed by atoms with Crippen molar-refractivity contribution in [1.82, 2.24) is 9.80 Å². The Morgan fingerprint density at radius 1 is 1.43 bits per heavy atom. The first-order chi connectivity index (χ1) is 10.1. The quantitative estimate of drug-likeness (QED) is 0.810. The highest BCUT2D eigenvalue weighted by Crippen LogP contribution is 2.17. The van der Waals surface area contributed by atoms with Crippen LogP contribution in [0.1, 0.15) is 19.8 Å². The molecule has 116 valence electrons. The van der Waals surface area contributed by atoms with Crippen LogP contribution in [0.2, 0.25) is 5.02 Å². The standard InChI is InChI=1S/C16H23ClN2O2/c1-13(16(20)19-8-3-4-9-19)18(2)10-11-21-15-7-5-6-14(17)12-15/h5-7,12-13H,3-4,8-11H2,1-2H3. The van der Waals surface area contributed by atoms with E-state index in [2.05, 4.69) is 0 Å². The zero-order valence-corrected chi connectivity index (χ0v) is 13.5. The van der Waals surface area contributed by atoms with E-state index >= 15 is 0 Å². The molecule has 1 aromatic carbocycles. The summed E-state index contributed by atoms with van der Waals surface area (Å²) < 4.78 is 5.66. The first kappa shape index (κ1) is 16.1. The molecule has 0 radical (unpaired) electrons. The normalized spacial score (nSPS) is 16.3. The highest BCUT2D eigenvalue weighted by atomic mass is 35.5. The van der Waals surface area contributed by atoms with Crippen LogP contribution in [0.5, 0.6) is 5.75 Å². The Kier molecular flexibility index (Phi) is 5.88. The third-order valence-electron chi connectivity index (χ3n) is 3.95. The van der Waals surface area contributed by atoms with Crippen molar-refractivity contribution in [2.45, 2.75) is 25.8 Å². The van der Waals surface area contributed by atoms with Gasteiger partial charge in [-0.05, 0) is 45.0 Å². The molecule has 4 nitrogen and oxygen atoms in total. The van der Waals surface area contributed by atoms with Crippen molar-refractivity contribution in [1.29, 1.82) is 0 Å². The fourth-order valence-electron chi connectivity index (χ4n) is 2.45. The van der Waals surface area contributed by atoms with Crippen molar-refractivity contribution in [3.63, 3.8) is 0 Å². The van der Waals surface area contributed by atoms with Gasteiger partial charge in [-0.25, -0.2) is 0 Å². The van der Waals surface area contributed by atoms with Gasteiger partial charge in [-0.15, -0.1) is 0 Å². The lowest BCUT2D eigenvalue weighted by molar-refractivity contribution is -0.134. The van der Waals surface area contributed by atoms with Gasteiger partial charge in [0.15, 0.2) is 0 Å². The number of halogens is 1. The summed E-state index contributed by atoms with van der Waals surface area (Å²) in [5.74, 6) is 0.979. The van der Waals surface area contributed by atoms with Gasteiger partial charge in [0.25, 0.3) is 0 Å². The molecule has 1 unspecified atom stereocenters. The molecule has 0 saturated carbocycles. The molecule has 1 aliphatic rings. The number of nitrogens with zero attached hydrogens (tertiary/aromatic N) is 2. The average Bonchev–Trinajstić information content (AvgIpc) is 3.00. The van der Waals surface area contributed by atoms with Crippen molar-refractivity contribution < 1.29 is 9.53 Å². The fraction of sp³-hybridized carbons (Fsp3) is 0.562. The van der Waals surface area contributed by atoms with Crippen LogP contribution in [0.3, 0.4) is 0 Å². The maximum atomic E-state index is 12.3. The van der Waals surface area contributed by atoms with E-state index in [0.29, 0.717) is 18.2 Å². The summed E-state index contributed by atoms with van der Waals surface area (Å²) in [5, 5.41) is 0.665. The lowest BCUT2D eigenvalue weighted by atomic mass is 10.2. The summed E-state index contributed by atoms with van der Waals surface area (Å²) in [7, 11) is 1.96. The summed E-state index contributed by atoms with van der Waals surface area (Å²) in [5.41, 5.74) is 0. The maximum Gasteiger partial charge on any atom is 0.239 e. The van der Waals surface area contributed by atoms with E-state index in [9.17, 15) is 4.79 Å². The summed E-state index contributed by atoms with van der Waals surface area (Å²) in [4.78, 5) is 16.3. The maximum absolute atomic E-state index is 12.3. The first-order valence-corrected chi connectivity index (χ1v) is 7.83. The topological polar surface area (TPSA) is 32.8 Å². The van der Waals surface area contributed by atoms with E-state index in [0.717, 1.165) is 31.7 Å². The zero-order valence-electron chi connectivity index (χ0n) is 12.7. The number of hydrogen-bond acceptors (Lipinski definition) is 3. The molecule has 1 fully saturated rings. The molecule has 1 saturated heterocycles. The van der Waals surface area contributed by atoms with Crippen LogP contribution >= 0.6 is 11.6 Å². The largest absolute Gasteiger partial charge is 0.492 e. The van der Waals surface area contributed by atoms with Crippen molar-refractivity contribution in [3.05, 3.63) is 29.3 Å². The molecule has 1 amide bonds. The van der Waals surface area contributed by atoms with Gasteiger partial charge in [-0.2, -0.15) is 0 Å². The molecule has 5 heteroatoms. The fourth-order valence-corrected chi connectivity index (χ4v) is 2.63. The van der Waals surface area contributed by atoms with E-state index in [4.69, 9.17) is 16.3 Å². The van der Waals surface area contributed by atoms with Crippen LogP contribution in [0, 0.1) is 0 Å². The lowest BCUT2D eigenvalue weighted by Crippen LogP contribution is -2.45. The van der Waals surface area contributed by atoms with Crippen molar-refractivity contribution in [3.8, 4) is 5.75 Å². The Hall–Kier alpha value is -1.26. The van der Waals surface area contributed by atoms with Crippen molar-refractivity contribution in [2.75, 3.05) is 33.3 Å². The minimum absolute atomic E-state index is 0.105. The molecular formula is C16H23ClN2O2. The SMILES string of the molecule is CC(C(=O)N1CCCC1)N(C)CCOc1cccc(Cl)c1. The second-order valence-corrected chi connectivity index (χ2v) is 5.93. The van der Waals surface area contributed by atoms with Crippen LogP contribution in [0.15, 0.2) is 24.3 Å². The Bertz CT molecular complexity index is 475. The number of hydrogen-bond donors (Lipinski definition) is 0. The number of likely N-dealkylation sites (tertiary alicyclic amines) is 1. The second-order valence-electron chi connectivity index (χ2n) is 5.49. The Labute approximate surface area is 131 Å². The molecule has 1 aromatic rings. The van der Waals surface area contributed by atoms with E-state index in [1.165, 1.54) is 0 Å². The molecule has 0 N–H and O–H groups in total. The second kappa shape index (κ2) is 7.66. The minimum atomic E-state index is -0.105. The number of carbonyl (C=O) groups excluding carboxylic acids is 1. The average molecular weight is 311 g/mol. The molecule has 21 heavy (non-hydrogen) atoms. The Morgan fingerprint density at radius 3 is 2.81 bits per heavy atom. The van der Waals surface area contributed by atoms with Crippen molar-refractivity contribution >= 4 is 17.5 Å². The van der Waals surface area contributed by atoms with Crippen LogP contribution in [0.25, 0.3) is 0 Å². The van der Waals surface area contributed by atoms with E-state index < -0.39 is 0 Å². The van der Waals surface area contributed by atoms with Gasteiger partial charge in [0.05, 0.1) is 6.04 Å². The third kappa shape index (κ3) is 4.61. The van der Waals surface area contributed by atoms with E-state index in [1.54, 1.807) is 6.07 Å². The highest BCUT2D eigenvalue weighted by Gasteiger charge is 2.25. The van der Waals surface area contributed by atoms with Crippen LogP contribution in [-0.4, -0.2) is 55.0 Å². The number of likely N-dealkylation sites (N-methyl/N-ethyl adjacent to an activating group) is 1. The number of rotatable bonds is 6. The Morgan fingerprint density at radius 2 is 2.14 bits per heavy atom.